The van der Waals surface area contributed by atoms with Gasteiger partial charge < -0.3 is 0 Å². The molecular formula is C9H11F2S+. The SMILES string of the molecule is C[S+](CC(F)F)c1ccccc1. The summed E-state index contributed by atoms with van der Waals surface area (Å²) in [5.74, 6) is -0.0238. The van der Waals surface area contributed by atoms with Gasteiger partial charge in [0.2, 0.25) is 0 Å². The van der Waals surface area contributed by atoms with Gasteiger partial charge in [-0.2, -0.15) is 0 Å². The first-order valence-corrected chi connectivity index (χ1v) is 5.46. The molecule has 1 aromatic rings. The lowest BCUT2D eigenvalue weighted by atomic mass is 10.4. The van der Waals surface area contributed by atoms with E-state index in [1.54, 1.807) is 0 Å². The minimum absolute atomic E-state index is 0.0238. The lowest BCUT2D eigenvalue weighted by Crippen LogP contribution is -2.12. The monoisotopic (exact) mass is 189 g/mol. The van der Waals surface area contributed by atoms with Crippen LogP contribution in [0.25, 0.3) is 0 Å². The standard InChI is InChI=1S/C9H11F2S/c1-12(7-9(10)11)8-5-3-2-4-6-8/h2-6,9H,7H2,1H3/q+1. The van der Waals surface area contributed by atoms with Crippen molar-refractivity contribution in [3.8, 4) is 0 Å². The normalized spacial score (nSPS) is 13.3. The van der Waals surface area contributed by atoms with Crippen molar-refractivity contribution >= 4 is 10.9 Å². The molecule has 0 bridgehead atoms. The van der Waals surface area contributed by atoms with Crippen molar-refractivity contribution in [2.24, 2.45) is 0 Å². The Hall–Kier alpha value is -0.570. The molecule has 0 N–H and O–H groups in total. The third kappa shape index (κ3) is 2.81. The number of benzene rings is 1. The average molecular weight is 189 g/mol. The van der Waals surface area contributed by atoms with E-state index in [0.717, 1.165) is 4.90 Å². The largest absolute Gasteiger partial charge is 0.282 e. The summed E-state index contributed by atoms with van der Waals surface area (Å²) in [4.78, 5) is 1.01. The van der Waals surface area contributed by atoms with Crippen LogP contribution >= 0.6 is 0 Å². The van der Waals surface area contributed by atoms with Crippen LogP contribution in [0, 0.1) is 0 Å². The van der Waals surface area contributed by atoms with Crippen molar-refractivity contribution in [2.75, 3.05) is 12.0 Å². The van der Waals surface area contributed by atoms with Gasteiger partial charge in [-0.25, -0.2) is 8.78 Å². The smallest absolute Gasteiger partial charge is 0.205 e. The van der Waals surface area contributed by atoms with Gasteiger partial charge in [0.05, 0.1) is 0 Å². The fourth-order valence-electron chi connectivity index (χ4n) is 0.938. The Kier molecular flexibility index (Phi) is 3.53. The van der Waals surface area contributed by atoms with E-state index in [0.29, 0.717) is 0 Å². The number of halogens is 2. The summed E-state index contributed by atoms with van der Waals surface area (Å²) in [6.07, 6.45) is -0.347. The molecule has 0 aliphatic heterocycles. The summed E-state index contributed by atoms with van der Waals surface area (Å²) >= 11 is 0. The Balaban J connectivity index is 2.59. The van der Waals surface area contributed by atoms with E-state index < -0.39 is 6.43 Å². The molecule has 0 saturated heterocycles. The Bertz CT molecular complexity index is 223. The van der Waals surface area contributed by atoms with Crippen LogP contribution in [0.5, 0.6) is 0 Å². The van der Waals surface area contributed by atoms with Crippen molar-refractivity contribution in [1.82, 2.24) is 0 Å². The van der Waals surface area contributed by atoms with E-state index in [1.165, 1.54) is 0 Å². The highest BCUT2D eigenvalue weighted by Gasteiger charge is 2.20. The van der Waals surface area contributed by atoms with Gasteiger partial charge in [-0.1, -0.05) is 18.2 Å². The van der Waals surface area contributed by atoms with E-state index in [1.807, 2.05) is 36.6 Å². The lowest BCUT2D eigenvalue weighted by molar-refractivity contribution is 0.176. The topological polar surface area (TPSA) is 0 Å². The number of hydrogen-bond donors (Lipinski definition) is 0. The first-order valence-electron chi connectivity index (χ1n) is 3.66. The maximum Gasteiger partial charge on any atom is 0.282 e. The second-order valence-electron chi connectivity index (χ2n) is 2.51. The van der Waals surface area contributed by atoms with Crippen LogP contribution in [0.2, 0.25) is 0 Å². The Morgan fingerprint density at radius 2 is 1.83 bits per heavy atom. The van der Waals surface area contributed by atoms with Crippen molar-refractivity contribution in [1.29, 1.82) is 0 Å². The van der Waals surface area contributed by atoms with Gasteiger partial charge in [0.25, 0.3) is 6.43 Å². The summed E-state index contributed by atoms with van der Waals surface area (Å²) in [5.41, 5.74) is 0. The molecule has 0 nitrogen and oxygen atoms in total. The molecule has 0 aliphatic carbocycles. The first kappa shape index (κ1) is 9.52. The lowest BCUT2D eigenvalue weighted by Gasteiger charge is -2.00. The van der Waals surface area contributed by atoms with Gasteiger partial charge in [-0.15, -0.1) is 0 Å². The second kappa shape index (κ2) is 4.45. The third-order valence-corrected chi connectivity index (χ3v) is 3.35. The van der Waals surface area contributed by atoms with Crippen LogP contribution in [0.1, 0.15) is 0 Å². The van der Waals surface area contributed by atoms with Gasteiger partial charge in [-0.05, 0) is 12.1 Å². The molecule has 1 unspecified atom stereocenters. The summed E-state index contributed by atoms with van der Waals surface area (Å²) in [6.45, 7) is 0. The second-order valence-corrected chi connectivity index (χ2v) is 4.59. The van der Waals surface area contributed by atoms with E-state index in [2.05, 4.69) is 0 Å². The predicted molar refractivity (Wildman–Crippen MR) is 48.9 cm³/mol. The molecular weight excluding hydrogens is 178 g/mol. The molecule has 0 fully saturated rings. The van der Waals surface area contributed by atoms with Gasteiger partial charge in [0, 0.05) is 10.9 Å². The zero-order chi connectivity index (χ0) is 8.97. The van der Waals surface area contributed by atoms with Gasteiger partial charge in [-0.3, -0.25) is 0 Å². The Labute approximate surface area is 73.9 Å². The first-order chi connectivity index (χ1) is 5.70. The van der Waals surface area contributed by atoms with Gasteiger partial charge >= 0.3 is 0 Å². The molecule has 0 aromatic heterocycles. The van der Waals surface area contributed by atoms with Gasteiger partial charge in [0.1, 0.15) is 6.26 Å². The molecule has 1 rings (SSSR count). The molecule has 12 heavy (non-hydrogen) atoms. The highest BCUT2D eigenvalue weighted by molar-refractivity contribution is 7.96. The molecule has 0 radical (unpaired) electrons. The van der Waals surface area contributed by atoms with Crippen LogP contribution in [0.4, 0.5) is 8.78 Å². The highest BCUT2D eigenvalue weighted by atomic mass is 32.2. The maximum absolute atomic E-state index is 12.0. The zero-order valence-corrected chi connectivity index (χ0v) is 7.65. The summed E-state index contributed by atoms with van der Waals surface area (Å²) in [6, 6.07) is 9.44. The van der Waals surface area contributed by atoms with E-state index in [4.69, 9.17) is 0 Å². The maximum atomic E-state index is 12.0. The van der Waals surface area contributed by atoms with Crippen LogP contribution in [0.15, 0.2) is 35.2 Å². The molecule has 1 atom stereocenters. The molecule has 0 saturated carbocycles. The Morgan fingerprint density at radius 3 is 2.33 bits per heavy atom. The minimum Gasteiger partial charge on any atom is -0.205 e. The predicted octanol–water partition coefficient (Wildman–Crippen LogP) is 2.56. The number of rotatable bonds is 3. The van der Waals surface area contributed by atoms with E-state index in [9.17, 15) is 8.78 Å². The Morgan fingerprint density at radius 1 is 1.25 bits per heavy atom. The number of hydrogen-bond acceptors (Lipinski definition) is 0. The molecule has 0 spiro atoms. The molecule has 1 aromatic carbocycles. The highest BCUT2D eigenvalue weighted by Crippen LogP contribution is 2.12. The van der Waals surface area contributed by atoms with Crippen LogP contribution in [-0.4, -0.2) is 18.4 Å². The van der Waals surface area contributed by atoms with E-state index in [-0.39, 0.29) is 16.6 Å². The quantitative estimate of drug-likeness (QED) is 0.641. The summed E-state index contributed by atoms with van der Waals surface area (Å²) < 4.78 is 24.0. The van der Waals surface area contributed by atoms with Crippen LogP contribution in [0.3, 0.4) is 0 Å². The van der Waals surface area contributed by atoms with Crippen LogP contribution < -0.4 is 0 Å². The van der Waals surface area contributed by atoms with Crippen molar-refractivity contribution in [2.45, 2.75) is 11.3 Å². The average Bonchev–Trinajstić information content (AvgIpc) is 2.05. The van der Waals surface area contributed by atoms with E-state index >= 15 is 0 Å². The molecule has 3 heteroatoms. The molecule has 66 valence electrons. The fraction of sp³-hybridized carbons (Fsp3) is 0.333. The zero-order valence-electron chi connectivity index (χ0n) is 6.84. The van der Waals surface area contributed by atoms with Crippen molar-refractivity contribution < 1.29 is 8.78 Å². The summed E-state index contributed by atoms with van der Waals surface area (Å²) in [7, 11) is -0.314. The molecule has 0 aliphatic rings. The van der Waals surface area contributed by atoms with Crippen LogP contribution in [-0.2, 0) is 10.9 Å². The van der Waals surface area contributed by atoms with Crippen molar-refractivity contribution in [3.63, 3.8) is 0 Å². The fourth-order valence-corrected chi connectivity index (χ4v) is 2.13. The van der Waals surface area contributed by atoms with Gasteiger partial charge in [0.15, 0.2) is 10.6 Å². The van der Waals surface area contributed by atoms with Crippen molar-refractivity contribution in [3.05, 3.63) is 30.3 Å². The summed E-state index contributed by atoms with van der Waals surface area (Å²) in [5, 5.41) is 0. The minimum atomic E-state index is -2.20. The molecule has 0 heterocycles. The molecule has 0 amide bonds. The number of alkyl halides is 2. The third-order valence-electron chi connectivity index (χ3n) is 1.52.